The van der Waals surface area contributed by atoms with Gasteiger partial charge in [0.25, 0.3) is 11.8 Å². The number of urea groups is 1. The van der Waals surface area contributed by atoms with Gasteiger partial charge in [-0.15, -0.1) is 0 Å². The maximum absolute atomic E-state index is 13.2. The molecule has 0 aromatic heterocycles. The van der Waals surface area contributed by atoms with Gasteiger partial charge in [0.2, 0.25) is 0 Å². The molecule has 0 bridgehead atoms. The van der Waals surface area contributed by atoms with Crippen LogP contribution in [0.1, 0.15) is 23.6 Å². The molecule has 3 aromatic carbocycles. The Morgan fingerprint density at radius 1 is 0.971 bits per heavy atom. The van der Waals surface area contributed by atoms with Crippen molar-refractivity contribution in [3.05, 3.63) is 99.0 Å². The summed E-state index contributed by atoms with van der Waals surface area (Å²) in [6.07, 6.45) is 2.02. The molecule has 6 nitrogen and oxygen atoms in total. The molecule has 8 heteroatoms. The molecule has 34 heavy (non-hydrogen) atoms. The van der Waals surface area contributed by atoms with Crippen LogP contribution in [-0.2, 0) is 22.6 Å². The summed E-state index contributed by atoms with van der Waals surface area (Å²) >= 11 is 12.4. The van der Waals surface area contributed by atoms with E-state index in [9.17, 15) is 14.4 Å². The summed E-state index contributed by atoms with van der Waals surface area (Å²) in [4.78, 5) is 39.1. The van der Waals surface area contributed by atoms with E-state index in [2.05, 4.69) is 5.32 Å². The zero-order chi connectivity index (χ0) is 24.2. The Hall–Kier alpha value is -3.61. The lowest BCUT2D eigenvalue weighted by Gasteiger charge is -2.28. The van der Waals surface area contributed by atoms with E-state index in [1.165, 1.54) is 6.08 Å². The fraction of sp³-hybridized carbons (Fsp3) is 0.115. The van der Waals surface area contributed by atoms with Gasteiger partial charge in [-0.05, 0) is 59.5 Å². The SMILES string of the molecule is CCc1ccccc1N1C(=O)NC(=O)/C(=C/c2ccc(OCc3cccc(Cl)c3)c(Cl)c2)C1=O. The van der Waals surface area contributed by atoms with Gasteiger partial charge < -0.3 is 4.74 Å². The van der Waals surface area contributed by atoms with Gasteiger partial charge in [-0.25, -0.2) is 9.69 Å². The highest BCUT2D eigenvalue weighted by molar-refractivity contribution is 6.39. The average molecular weight is 495 g/mol. The predicted octanol–water partition coefficient (Wildman–Crippen LogP) is 5.80. The first-order chi connectivity index (χ1) is 16.4. The molecule has 172 valence electrons. The number of anilines is 1. The second-order valence-electron chi connectivity index (χ2n) is 7.55. The summed E-state index contributed by atoms with van der Waals surface area (Å²) < 4.78 is 5.77. The molecule has 1 heterocycles. The second-order valence-corrected chi connectivity index (χ2v) is 8.39. The van der Waals surface area contributed by atoms with Crippen LogP contribution < -0.4 is 15.0 Å². The minimum absolute atomic E-state index is 0.172. The number of rotatable bonds is 6. The fourth-order valence-electron chi connectivity index (χ4n) is 3.58. The third-order valence-corrected chi connectivity index (χ3v) is 5.80. The monoisotopic (exact) mass is 494 g/mol. The van der Waals surface area contributed by atoms with Gasteiger partial charge in [-0.1, -0.05) is 66.5 Å². The maximum Gasteiger partial charge on any atom is 0.335 e. The third kappa shape index (κ3) is 4.98. The molecule has 0 atom stereocenters. The number of imide groups is 2. The van der Waals surface area contributed by atoms with E-state index in [4.69, 9.17) is 27.9 Å². The number of hydrogen-bond acceptors (Lipinski definition) is 4. The number of halogens is 2. The van der Waals surface area contributed by atoms with Crippen LogP contribution in [0.4, 0.5) is 10.5 Å². The lowest BCUT2D eigenvalue weighted by Crippen LogP contribution is -2.54. The fourth-order valence-corrected chi connectivity index (χ4v) is 4.04. The Kier molecular flexibility index (Phi) is 7.01. The van der Waals surface area contributed by atoms with Gasteiger partial charge in [0, 0.05) is 5.02 Å². The molecular formula is C26H20Cl2N2O4. The zero-order valence-electron chi connectivity index (χ0n) is 18.2. The minimum atomic E-state index is -0.782. The highest BCUT2D eigenvalue weighted by Gasteiger charge is 2.37. The standard InChI is InChI=1S/C26H20Cl2N2O4/c1-2-18-7-3-4-9-22(18)30-25(32)20(24(31)29-26(30)33)13-16-10-11-23(21(28)14-16)34-15-17-6-5-8-19(27)12-17/h3-14H,2,15H2,1H3,(H,29,31,33)/b20-13-. The van der Waals surface area contributed by atoms with Crippen molar-refractivity contribution in [2.45, 2.75) is 20.0 Å². The van der Waals surface area contributed by atoms with Crippen LogP contribution in [0.2, 0.25) is 10.0 Å². The highest BCUT2D eigenvalue weighted by Crippen LogP contribution is 2.29. The third-order valence-electron chi connectivity index (χ3n) is 5.27. The molecule has 4 amide bonds. The summed E-state index contributed by atoms with van der Waals surface area (Å²) in [6.45, 7) is 2.20. The number of para-hydroxylation sites is 1. The summed E-state index contributed by atoms with van der Waals surface area (Å²) in [5.74, 6) is -1.03. The van der Waals surface area contributed by atoms with E-state index in [1.807, 2.05) is 31.2 Å². The van der Waals surface area contributed by atoms with Crippen LogP contribution in [0.15, 0.2) is 72.3 Å². The number of nitrogens with zero attached hydrogens (tertiary/aromatic N) is 1. The van der Waals surface area contributed by atoms with Gasteiger partial charge in [0.05, 0.1) is 10.7 Å². The lowest BCUT2D eigenvalue weighted by molar-refractivity contribution is -0.122. The Bertz CT molecular complexity index is 1320. The smallest absolute Gasteiger partial charge is 0.335 e. The molecule has 0 aliphatic carbocycles. The Labute approximate surface area is 206 Å². The number of barbiturate groups is 1. The number of carbonyl (C=O) groups is 3. The van der Waals surface area contributed by atoms with Crippen molar-refractivity contribution in [3.8, 4) is 5.75 Å². The molecular weight excluding hydrogens is 475 g/mol. The van der Waals surface area contributed by atoms with E-state index >= 15 is 0 Å². The first-order valence-corrected chi connectivity index (χ1v) is 11.3. The molecule has 0 unspecified atom stereocenters. The Morgan fingerprint density at radius 3 is 2.50 bits per heavy atom. The lowest BCUT2D eigenvalue weighted by atomic mass is 10.0. The number of amides is 4. The zero-order valence-corrected chi connectivity index (χ0v) is 19.7. The van der Waals surface area contributed by atoms with Crippen molar-refractivity contribution in [1.82, 2.24) is 5.32 Å². The normalized spacial score (nSPS) is 15.0. The van der Waals surface area contributed by atoms with Gasteiger partial charge in [0.15, 0.2) is 0 Å². The van der Waals surface area contributed by atoms with E-state index in [-0.39, 0.29) is 12.2 Å². The van der Waals surface area contributed by atoms with Crippen molar-refractivity contribution < 1.29 is 19.1 Å². The Morgan fingerprint density at radius 2 is 1.76 bits per heavy atom. The van der Waals surface area contributed by atoms with E-state index in [0.717, 1.165) is 16.0 Å². The van der Waals surface area contributed by atoms with E-state index < -0.39 is 17.8 Å². The number of nitrogens with one attached hydrogen (secondary N) is 1. The van der Waals surface area contributed by atoms with Gasteiger partial charge >= 0.3 is 6.03 Å². The molecule has 0 radical (unpaired) electrons. The van der Waals surface area contributed by atoms with Gasteiger partial charge in [-0.2, -0.15) is 0 Å². The number of benzene rings is 3. The van der Waals surface area contributed by atoms with E-state index in [1.54, 1.807) is 42.5 Å². The first kappa shape index (κ1) is 23.5. The molecule has 0 spiro atoms. The van der Waals surface area contributed by atoms with Crippen molar-refractivity contribution in [3.63, 3.8) is 0 Å². The van der Waals surface area contributed by atoms with Gasteiger partial charge in [0.1, 0.15) is 17.9 Å². The molecule has 1 aliphatic rings. The number of aryl methyl sites for hydroxylation is 1. The molecule has 1 aliphatic heterocycles. The molecule has 1 fully saturated rings. The summed E-state index contributed by atoms with van der Waals surface area (Å²) in [7, 11) is 0. The molecule has 0 saturated carbocycles. The number of ether oxygens (including phenoxy) is 1. The summed E-state index contributed by atoms with van der Waals surface area (Å²) in [6, 6.07) is 18.5. The first-order valence-electron chi connectivity index (χ1n) is 10.5. The van der Waals surface area contributed by atoms with Crippen molar-refractivity contribution in [2.75, 3.05) is 4.90 Å². The number of carbonyl (C=O) groups excluding carboxylic acids is 3. The average Bonchev–Trinajstić information content (AvgIpc) is 2.81. The van der Waals surface area contributed by atoms with Crippen molar-refractivity contribution >= 4 is 52.8 Å². The second kappa shape index (κ2) is 10.1. The van der Waals surface area contributed by atoms with Gasteiger partial charge in [-0.3, -0.25) is 14.9 Å². The van der Waals surface area contributed by atoms with E-state index in [0.29, 0.717) is 33.5 Å². The molecule has 4 rings (SSSR count). The summed E-state index contributed by atoms with van der Waals surface area (Å²) in [5, 5.41) is 3.16. The molecule has 1 N–H and O–H groups in total. The topological polar surface area (TPSA) is 75.7 Å². The number of hydrogen-bond donors (Lipinski definition) is 1. The largest absolute Gasteiger partial charge is 0.487 e. The molecule has 1 saturated heterocycles. The maximum atomic E-state index is 13.2. The summed E-state index contributed by atoms with van der Waals surface area (Å²) in [5.41, 5.74) is 2.47. The molecule has 3 aromatic rings. The van der Waals surface area contributed by atoms with Crippen LogP contribution >= 0.6 is 23.2 Å². The van der Waals surface area contributed by atoms with Crippen molar-refractivity contribution in [1.29, 1.82) is 0 Å². The van der Waals surface area contributed by atoms with Crippen LogP contribution in [0, 0.1) is 0 Å². The van der Waals surface area contributed by atoms with Crippen LogP contribution in [-0.4, -0.2) is 17.8 Å². The van der Waals surface area contributed by atoms with Crippen LogP contribution in [0.3, 0.4) is 0 Å². The highest BCUT2D eigenvalue weighted by atomic mass is 35.5. The Balaban J connectivity index is 1.58. The van der Waals surface area contributed by atoms with Crippen LogP contribution in [0.25, 0.3) is 6.08 Å². The quantitative estimate of drug-likeness (QED) is 0.347. The predicted molar refractivity (Wildman–Crippen MR) is 132 cm³/mol. The van der Waals surface area contributed by atoms with Crippen LogP contribution in [0.5, 0.6) is 5.75 Å². The minimum Gasteiger partial charge on any atom is -0.487 e. The van der Waals surface area contributed by atoms with Crippen molar-refractivity contribution in [2.24, 2.45) is 0 Å².